The van der Waals surface area contributed by atoms with E-state index in [2.05, 4.69) is 4.98 Å². The average molecular weight is 238 g/mol. The van der Waals surface area contributed by atoms with Crippen LogP contribution in [0, 0.1) is 5.82 Å². The van der Waals surface area contributed by atoms with Gasteiger partial charge in [-0.05, 0) is 18.2 Å². The molecule has 0 radical (unpaired) electrons. The van der Waals surface area contributed by atoms with E-state index in [1.807, 2.05) is 0 Å². The molecule has 0 bridgehead atoms. The molecule has 2 aromatic rings. The quantitative estimate of drug-likeness (QED) is 0.871. The zero-order chi connectivity index (χ0) is 11.5. The van der Waals surface area contributed by atoms with Crippen LogP contribution in [0.3, 0.4) is 0 Å². The first-order valence-electron chi connectivity index (χ1n) is 4.73. The highest BCUT2D eigenvalue weighted by molar-refractivity contribution is 6.31. The Bertz CT molecular complexity index is 458. The zero-order valence-corrected chi connectivity index (χ0v) is 9.03. The summed E-state index contributed by atoms with van der Waals surface area (Å²) in [4.78, 5) is 3.95. The fourth-order valence-electron chi connectivity index (χ4n) is 1.44. The third kappa shape index (κ3) is 2.05. The summed E-state index contributed by atoms with van der Waals surface area (Å²) < 4.78 is 13.4. The fourth-order valence-corrected chi connectivity index (χ4v) is 1.67. The van der Waals surface area contributed by atoms with Gasteiger partial charge in [0.1, 0.15) is 11.9 Å². The molecule has 16 heavy (non-hydrogen) atoms. The molecule has 1 aromatic carbocycles. The first-order chi connectivity index (χ1) is 7.70. The van der Waals surface area contributed by atoms with E-state index in [-0.39, 0.29) is 11.3 Å². The lowest BCUT2D eigenvalue weighted by molar-refractivity contribution is 0.210. The Balaban J connectivity index is 2.44. The molecule has 0 aliphatic carbocycles. The summed E-state index contributed by atoms with van der Waals surface area (Å²) >= 11 is 5.88. The lowest BCUT2D eigenvalue weighted by atomic mass is 10.1. The number of pyridine rings is 1. The molecule has 0 aliphatic rings. The predicted octanol–water partition coefficient (Wildman–Crippen LogP) is 2.96. The fraction of sp³-hybridized carbons (Fsp3) is 0.0833. The Labute approximate surface area is 97.3 Å². The van der Waals surface area contributed by atoms with Crippen molar-refractivity contribution in [3.05, 3.63) is 64.7 Å². The van der Waals surface area contributed by atoms with Crippen molar-refractivity contribution in [1.82, 2.24) is 4.98 Å². The van der Waals surface area contributed by atoms with Crippen LogP contribution in [-0.2, 0) is 0 Å². The molecule has 0 saturated carbocycles. The molecule has 2 rings (SSSR count). The van der Waals surface area contributed by atoms with E-state index < -0.39 is 11.9 Å². The van der Waals surface area contributed by atoms with Crippen LogP contribution in [0.1, 0.15) is 17.4 Å². The van der Waals surface area contributed by atoms with Gasteiger partial charge in [0, 0.05) is 11.8 Å². The van der Waals surface area contributed by atoms with Gasteiger partial charge in [-0.1, -0.05) is 29.8 Å². The maximum absolute atomic E-state index is 13.4. The van der Waals surface area contributed by atoms with E-state index >= 15 is 0 Å². The molecule has 1 unspecified atom stereocenters. The second kappa shape index (κ2) is 4.60. The summed E-state index contributed by atoms with van der Waals surface area (Å²) in [5.41, 5.74) is 0.428. The Kier molecular flexibility index (Phi) is 3.17. The summed E-state index contributed by atoms with van der Waals surface area (Å²) in [6.45, 7) is 0. The largest absolute Gasteiger partial charge is 0.382 e. The second-order valence-electron chi connectivity index (χ2n) is 3.29. The number of nitrogens with zero attached hydrogens (tertiary/aromatic N) is 1. The van der Waals surface area contributed by atoms with Gasteiger partial charge in [0.05, 0.1) is 10.7 Å². The summed E-state index contributed by atoms with van der Waals surface area (Å²) in [6, 6.07) is 9.26. The number of rotatable bonds is 2. The van der Waals surface area contributed by atoms with Gasteiger partial charge in [-0.2, -0.15) is 0 Å². The molecule has 4 heteroatoms. The van der Waals surface area contributed by atoms with Crippen molar-refractivity contribution in [2.45, 2.75) is 6.10 Å². The highest BCUT2D eigenvalue weighted by Gasteiger charge is 2.17. The van der Waals surface area contributed by atoms with Crippen molar-refractivity contribution in [3.8, 4) is 0 Å². The minimum absolute atomic E-state index is 0.170. The molecule has 2 nitrogen and oxygen atoms in total. The third-order valence-electron chi connectivity index (χ3n) is 2.25. The van der Waals surface area contributed by atoms with E-state index in [1.54, 1.807) is 24.3 Å². The van der Waals surface area contributed by atoms with Gasteiger partial charge in [0.25, 0.3) is 0 Å². The van der Waals surface area contributed by atoms with Crippen molar-refractivity contribution >= 4 is 11.6 Å². The topological polar surface area (TPSA) is 33.1 Å². The summed E-state index contributed by atoms with van der Waals surface area (Å²) in [6.07, 6.45) is 0.362. The molecule has 1 N–H and O–H groups in total. The van der Waals surface area contributed by atoms with Gasteiger partial charge >= 0.3 is 0 Å². The van der Waals surface area contributed by atoms with E-state index in [1.165, 1.54) is 18.3 Å². The second-order valence-corrected chi connectivity index (χ2v) is 3.70. The van der Waals surface area contributed by atoms with Crippen molar-refractivity contribution < 1.29 is 9.50 Å². The summed E-state index contributed by atoms with van der Waals surface area (Å²) in [7, 11) is 0. The SMILES string of the molecule is OC(c1ccccc1F)c1ncccc1Cl. The van der Waals surface area contributed by atoms with Crippen LogP contribution in [0.5, 0.6) is 0 Å². The van der Waals surface area contributed by atoms with Gasteiger partial charge in [0.2, 0.25) is 0 Å². The molecule has 0 amide bonds. The number of halogens is 2. The minimum atomic E-state index is -1.14. The Hall–Kier alpha value is -1.45. The first kappa shape index (κ1) is 11.0. The van der Waals surface area contributed by atoms with Gasteiger partial charge in [0.15, 0.2) is 0 Å². The molecule has 0 fully saturated rings. The monoisotopic (exact) mass is 237 g/mol. The number of aliphatic hydroxyl groups excluding tert-OH is 1. The number of hydrogen-bond acceptors (Lipinski definition) is 2. The molecule has 1 heterocycles. The molecular formula is C12H9ClFNO. The van der Waals surface area contributed by atoms with Crippen LogP contribution >= 0.6 is 11.6 Å². The van der Waals surface area contributed by atoms with E-state index in [0.29, 0.717) is 5.02 Å². The molecular weight excluding hydrogens is 229 g/mol. The van der Waals surface area contributed by atoms with Gasteiger partial charge < -0.3 is 5.11 Å². The first-order valence-corrected chi connectivity index (χ1v) is 5.11. The molecule has 1 atom stereocenters. The Morgan fingerprint density at radius 3 is 2.62 bits per heavy atom. The third-order valence-corrected chi connectivity index (χ3v) is 2.57. The molecule has 0 saturated heterocycles. The Morgan fingerprint density at radius 2 is 1.94 bits per heavy atom. The van der Waals surface area contributed by atoms with Crippen LogP contribution < -0.4 is 0 Å². The molecule has 0 spiro atoms. The zero-order valence-electron chi connectivity index (χ0n) is 8.27. The van der Waals surface area contributed by atoms with Crippen LogP contribution in [0.4, 0.5) is 4.39 Å². The lowest BCUT2D eigenvalue weighted by Crippen LogP contribution is -2.05. The average Bonchev–Trinajstić information content (AvgIpc) is 2.29. The van der Waals surface area contributed by atoms with Gasteiger partial charge in [-0.25, -0.2) is 4.39 Å². The molecule has 82 valence electrons. The van der Waals surface area contributed by atoms with Crippen LogP contribution in [-0.4, -0.2) is 10.1 Å². The number of aliphatic hydroxyl groups is 1. The van der Waals surface area contributed by atoms with Crippen molar-refractivity contribution in [2.75, 3.05) is 0 Å². The number of hydrogen-bond donors (Lipinski definition) is 1. The lowest BCUT2D eigenvalue weighted by Gasteiger charge is -2.12. The van der Waals surface area contributed by atoms with Crippen molar-refractivity contribution in [1.29, 1.82) is 0 Å². The van der Waals surface area contributed by atoms with Gasteiger partial charge in [-0.15, -0.1) is 0 Å². The predicted molar refractivity (Wildman–Crippen MR) is 59.7 cm³/mol. The van der Waals surface area contributed by atoms with Gasteiger partial charge in [-0.3, -0.25) is 4.98 Å². The van der Waals surface area contributed by atoms with Crippen LogP contribution in [0.25, 0.3) is 0 Å². The maximum Gasteiger partial charge on any atom is 0.129 e. The standard InChI is InChI=1S/C12H9ClFNO/c13-9-5-3-7-15-11(9)12(16)8-4-1-2-6-10(8)14/h1-7,12,16H. The number of aromatic nitrogens is 1. The van der Waals surface area contributed by atoms with Crippen LogP contribution in [0.15, 0.2) is 42.6 Å². The summed E-state index contributed by atoms with van der Waals surface area (Å²) in [5.74, 6) is -0.475. The molecule has 0 aliphatic heterocycles. The van der Waals surface area contributed by atoms with Crippen molar-refractivity contribution in [3.63, 3.8) is 0 Å². The van der Waals surface area contributed by atoms with E-state index in [0.717, 1.165) is 0 Å². The highest BCUT2D eigenvalue weighted by Crippen LogP contribution is 2.27. The smallest absolute Gasteiger partial charge is 0.129 e. The normalized spacial score (nSPS) is 12.4. The minimum Gasteiger partial charge on any atom is -0.382 e. The summed E-state index contributed by atoms with van der Waals surface area (Å²) in [5, 5.41) is 10.3. The maximum atomic E-state index is 13.4. The highest BCUT2D eigenvalue weighted by atomic mass is 35.5. The van der Waals surface area contributed by atoms with E-state index in [4.69, 9.17) is 11.6 Å². The van der Waals surface area contributed by atoms with Crippen LogP contribution in [0.2, 0.25) is 5.02 Å². The van der Waals surface area contributed by atoms with E-state index in [9.17, 15) is 9.50 Å². The molecule has 1 aromatic heterocycles. The number of benzene rings is 1. The Morgan fingerprint density at radius 1 is 1.19 bits per heavy atom. The van der Waals surface area contributed by atoms with Crippen molar-refractivity contribution in [2.24, 2.45) is 0 Å².